The highest BCUT2D eigenvalue weighted by Gasteiger charge is 2.23. The Hall–Kier alpha value is -1.22. The van der Waals surface area contributed by atoms with E-state index in [2.05, 4.69) is 11.4 Å². The van der Waals surface area contributed by atoms with E-state index in [9.17, 15) is 4.79 Å². The molecule has 1 aromatic rings. The summed E-state index contributed by atoms with van der Waals surface area (Å²) in [6.45, 7) is 2.46. The number of carbonyl (C=O) groups is 1. The second-order valence-electron chi connectivity index (χ2n) is 3.21. The van der Waals surface area contributed by atoms with Crippen molar-refractivity contribution in [2.24, 2.45) is 0 Å². The molecule has 0 unspecified atom stereocenters. The van der Waals surface area contributed by atoms with Crippen LogP contribution < -0.4 is 5.32 Å². The lowest BCUT2D eigenvalue weighted by Crippen LogP contribution is -2.18. The van der Waals surface area contributed by atoms with Crippen LogP contribution in [0.15, 0.2) is 24.3 Å². The zero-order valence-electron chi connectivity index (χ0n) is 7.82. The molecule has 1 aliphatic rings. The number of hydrogen-bond donors (Lipinski definition) is 1. The minimum Gasteiger partial charge on any atom is -0.447 e. The predicted octanol–water partition coefficient (Wildman–Crippen LogP) is 2.20. The third kappa shape index (κ3) is 2.17. The maximum absolute atomic E-state index is 10.8. The van der Waals surface area contributed by atoms with Crippen LogP contribution >= 0.6 is 12.4 Å². The standard InChI is InChI=1S/C10H11NO2.ClH/c1-7-3-2-4-8(5-7)9-6-13-10(12)11-9;/h2-5,9H,6H2,1H3,(H,11,12);1H/t9-;/m1./s1. The molecule has 0 spiro atoms. The Bertz CT molecular complexity index is 341. The fourth-order valence-corrected chi connectivity index (χ4v) is 1.45. The van der Waals surface area contributed by atoms with E-state index in [1.54, 1.807) is 0 Å². The second-order valence-corrected chi connectivity index (χ2v) is 3.21. The van der Waals surface area contributed by atoms with Gasteiger partial charge in [-0.15, -0.1) is 12.4 Å². The van der Waals surface area contributed by atoms with Gasteiger partial charge in [0.25, 0.3) is 0 Å². The van der Waals surface area contributed by atoms with Gasteiger partial charge >= 0.3 is 6.09 Å². The molecule has 4 heteroatoms. The van der Waals surface area contributed by atoms with Crippen molar-refractivity contribution >= 4 is 18.5 Å². The smallest absolute Gasteiger partial charge is 0.407 e. The molecule has 1 amide bonds. The lowest BCUT2D eigenvalue weighted by atomic mass is 10.1. The lowest BCUT2D eigenvalue weighted by Gasteiger charge is -2.07. The average molecular weight is 214 g/mol. The van der Waals surface area contributed by atoms with E-state index in [0.717, 1.165) is 5.56 Å². The number of hydrogen-bond acceptors (Lipinski definition) is 2. The molecule has 1 aromatic carbocycles. The van der Waals surface area contributed by atoms with Crippen molar-refractivity contribution in [2.45, 2.75) is 13.0 Å². The van der Waals surface area contributed by atoms with Gasteiger partial charge in [-0.25, -0.2) is 4.79 Å². The number of benzene rings is 1. The fraction of sp³-hybridized carbons (Fsp3) is 0.300. The lowest BCUT2D eigenvalue weighted by molar-refractivity contribution is 0.177. The highest BCUT2D eigenvalue weighted by atomic mass is 35.5. The molecule has 2 rings (SSSR count). The number of rotatable bonds is 1. The molecule has 1 heterocycles. The van der Waals surface area contributed by atoms with Crippen LogP contribution in [0.1, 0.15) is 17.2 Å². The molecule has 3 nitrogen and oxygen atoms in total. The van der Waals surface area contributed by atoms with Gasteiger partial charge in [0.05, 0.1) is 6.04 Å². The summed E-state index contributed by atoms with van der Waals surface area (Å²) in [4.78, 5) is 10.8. The van der Waals surface area contributed by atoms with E-state index >= 15 is 0 Å². The van der Waals surface area contributed by atoms with Gasteiger partial charge in [0, 0.05) is 0 Å². The Morgan fingerprint density at radius 3 is 2.86 bits per heavy atom. The molecular formula is C10H12ClNO2. The molecular weight excluding hydrogens is 202 g/mol. The minimum atomic E-state index is -0.327. The Kier molecular flexibility index (Phi) is 3.36. The maximum atomic E-state index is 10.8. The molecule has 76 valence electrons. The molecule has 1 atom stereocenters. The number of carbonyl (C=O) groups excluding carboxylic acids is 1. The van der Waals surface area contributed by atoms with Crippen LogP contribution in [0.2, 0.25) is 0 Å². The molecule has 1 saturated heterocycles. The highest BCUT2D eigenvalue weighted by Crippen LogP contribution is 2.18. The number of amides is 1. The number of nitrogens with one attached hydrogen (secondary N) is 1. The SMILES string of the molecule is Cc1cccc([C@H]2COC(=O)N2)c1.Cl. The summed E-state index contributed by atoms with van der Waals surface area (Å²) < 4.78 is 4.81. The van der Waals surface area contributed by atoms with Crippen LogP contribution in [-0.4, -0.2) is 12.7 Å². The number of halogens is 1. The van der Waals surface area contributed by atoms with E-state index in [1.807, 2.05) is 25.1 Å². The number of ether oxygens (including phenoxy) is 1. The van der Waals surface area contributed by atoms with Crippen molar-refractivity contribution in [2.75, 3.05) is 6.61 Å². The van der Waals surface area contributed by atoms with Crippen molar-refractivity contribution < 1.29 is 9.53 Å². The van der Waals surface area contributed by atoms with Gasteiger partial charge in [-0.05, 0) is 12.5 Å². The van der Waals surface area contributed by atoms with Gasteiger partial charge in [0.15, 0.2) is 0 Å². The van der Waals surface area contributed by atoms with Gasteiger partial charge in [-0.2, -0.15) is 0 Å². The third-order valence-corrected chi connectivity index (χ3v) is 2.12. The minimum absolute atomic E-state index is 0. The molecule has 0 aromatic heterocycles. The fourth-order valence-electron chi connectivity index (χ4n) is 1.45. The largest absolute Gasteiger partial charge is 0.447 e. The number of aryl methyl sites for hydroxylation is 1. The molecule has 1 aliphatic heterocycles. The second kappa shape index (κ2) is 4.33. The quantitative estimate of drug-likeness (QED) is 0.777. The van der Waals surface area contributed by atoms with Crippen LogP contribution in [0.25, 0.3) is 0 Å². The molecule has 0 radical (unpaired) electrons. The normalized spacial score (nSPS) is 19.5. The Labute approximate surface area is 88.9 Å². The topological polar surface area (TPSA) is 38.3 Å². The van der Waals surface area contributed by atoms with E-state index in [0.29, 0.717) is 6.61 Å². The monoisotopic (exact) mass is 213 g/mol. The molecule has 0 bridgehead atoms. The highest BCUT2D eigenvalue weighted by molar-refractivity contribution is 5.85. The first-order valence-electron chi connectivity index (χ1n) is 4.25. The Morgan fingerprint density at radius 2 is 2.29 bits per heavy atom. The zero-order valence-corrected chi connectivity index (χ0v) is 8.64. The van der Waals surface area contributed by atoms with Gasteiger partial charge in [-0.3, -0.25) is 0 Å². The van der Waals surface area contributed by atoms with Crippen LogP contribution in [0, 0.1) is 6.92 Å². The molecule has 0 aliphatic carbocycles. The molecule has 1 fully saturated rings. The van der Waals surface area contributed by atoms with E-state index in [-0.39, 0.29) is 24.5 Å². The maximum Gasteiger partial charge on any atom is 0.407 e. The molecule has 1 N–H and O–H groups in total. The van der Waals surface area contributed by atoms with E-state index in [1.165, 1.54) is 5.56 Å². The van der Waals surface area contributed by atoms with Crippen LogP contribution in [-0.2, 0) is 4.74 Å². The van der Waals surface area contributed by atoms with Gasteiger partial charge in [0.2, 0.25) is 0 Å². The van der Waals surface area contributed by atoms with Gasteiger partial charge in [-0.1, -0.05) is 29.8 Å². The van der Waals surface area contributed by atoms with Crippen molar-refractivity contribution in [3.63, 3.8) is 0 Å². The Balaban J connectivity index is 0.000000980. The number of alkyl carbamates (subject to hydrolysis) is 1. The zero-order chi connectivity index (χ0) is 9.26. The summed E-state index contributed by atoms with van der Waals surface area (Å²) in [5, 5.41) is 2.74. The molecule has 0 saturated carbocycles. The van der Waals surface area contributed by atoms with Crippen molar-refractivity contribution in [3.8, 4) is 0 Å². The van der Waals surface area contributed by atoms with E-state index < -0.39 is 0 Å². The van der Waals surface area contributed by atoms with Crippen LogP contribution in [0.5, 0.6) is 0 Å². The Morgan fingerprint density at radius 1 is 1.50 bits per heavy atom. The first kappa shape index (κ1) is 10.9. The summed E-state index contributed by atoms with van der Waals surface area (Å²) in [6, 6.07) is 8.08. The summed E-state index contributed by atoms with van der Waals surface area (Å²) in [5.74, 6) is 0. The summed E-state index contributed by atoms with van der Waals surface area (Å²) >= 11 is 0. The molecule has 14 heavy (non-hydrogen) atoms. The summed E-state index contributed by atoms with van der Waals surface area (Å²) in [7, 11) is 0. The third-order valence-electron chi connectivity index (χ3n) is 2.12. The average Bonchev–Trinajstić information content (AvgIpc) is 2.52. The predicted molar refractivity (Wildman–Crippen MR) is 55.7 cm³/mol. The van der Waals surface area contributed by atoms with Crippen LogP contribution in [0.4, 0.5) is 4.79 Å². The van der Waals surface area contributed by atoms with Crippen molar-refractivity contribution in [1.29, 1.82) is 0 Å². The van der Waals surface area contributed by atoms with Gasteiger partial charge in [0.1, 0.15) is 6.61 Å². The van der Waals surface area contributed by atoms with E-state index in [4.69, 9.17) is 4.74 Å². The van der Waals surface area contributed by atoms with Crippen LogP contribution in [0.3, 0.4) is 0 Å². The first-order valence-corrected chi connectivity index (χ1v) is 4.25. The van der Waals surface area contributed by atoms with Crippen molar-refractivity contribution in [3.05, 3.63) is 35.4 Å². The number of cyclic esters (lactones) is 1. The summed E-state index contributed by atoms with van der Waals surface area (Å²) in [6.07, 6.45) is -0.327. The first-order chi connectivity index (χ1) is 6.25. The van der Waals surface area contributed by atoms with Crippen molar-refractivity contribution in [1.82, 2.24) is 5.32 Å². The van der Waals surface area contributed by atoms with Gasteiger partial charge < -0.3 is 10.1 Å². The summed E-state index contributed by atoms with van der Waals surface area (Å²) in [5.41, 5.74) is 2.30.